The molecule has 178 valence electrons. The van der Waals surface area contributed by atoms with Gasteiger partial charge < -0.3 is 9.64 Å². The van der Waals surface area contributed by atoms with Gasteiger partial charge in [0.05, 0.1) is 23.6 Å². The second kappa shape index (κ2) is 8.01. The average molecular weight is 473 g/mol. The zero-order valence-electron chi connectivity index (χ0n) is 20.0. The van der Waals surface area contributed by atoms with E-state index in [9.17, 15) is 0 Å². The third kappa shape index (κ3) is 2.97. The Labute approximate surface area is 208 Å². The van der Waals surface area contributed by atoms with Crippen LogP contribution >= 0.6 is 11.8 Å². The zero-order valence-corrected chi connectivity index (χ0v) is 20.8. The molecule has 0 amide bonds. The summed E-state index contributed by atoms with van der Waals surface area (Å²) in [6.07, 6.45) is 14.6. The summed E-state index contributed by atoms with van der Waals surface area (Å²) in [7, 11) is 0. The smallest absolute Gasteiger partial charge is 0.0737 e. The van der Waals surface area contributed by atoms with Crippen LogP contribution in [0.3, 0.4) is 0 Å². The summed E-state index contributed by atoms with van der Waals surface area (Å²) >= 11 is 1.95. The van der Waals surface area contributed by atoms with Gasteiger partial charge in [-0.15, -0.1) is 0 Å². The molecule has 3 nitrogen and oxygen atoms in total. The van der Waals surface area contributed by atoms with Crippen LogP contribution in [0.1, 0.15) is 64.2 Å². The summed E-state index contributed by atoms with van der Waals surface area (Å²) in [6, 6.07) is 21.0. The Morgan fingerprint density at radius 3 is 2.24 bits per heavy atom. The standard InChI is InChI=1S/C30H36N2OS/c1-4-12-26-23(9-1)32-22-17-16-19(18-21(22)20-8-7-13-27(33-26)30(20)32)31-24-10-2-5-14-28(24)34-29-15-6-3-11-25(29)31/h2-3,5-6,10-11,14-15,19-23,26-27,30H,1,4,7-9,12-13,16-18H2. The van der Waals surface area contributed by atoms with E-state index in [-0.39, 0.29) is 0 Å². The van der Waals surface area contributed by atoms with Gasteiger partial charge in [0.25, 0.3) is 0 Å². The number of anilines is 2. The van der Waals surface area contributed by atoms with Gasteiger partial charge in [-0.25, -0.2) is 0 Å². The summed E-state index contributed by atoms with van der Waals surface area (Å²) in [6.45, 7) is 0. The molecular formula is C30H36N2OS. The molecule has 3 aliphatic heterocycles. The van der Waals surface area contributed by atoms with Gasteiger partial charge in [-0.2, -0.15) is 0 Å². The fraction of sp³-hybridized carbons (Fsp3) is 0.600. The third-order valence-electron chi connectivity index (χ3n) is 10.2. The van der Waals surface area contributed by atoms with Gasteiger partial charge in [0.15, 0.2) is 0 Å². The van der Waals surface area contributed by atoms with E-state index in [0.717, 1.165) is 17.9 Å². The van der Waals surface area contributed by atoms with Crippen LogP contribution in [0.15, 0.2) is 58.3 Å². The number of nitrogens with zero attached hydrogens (tertiary/aromatic N) is 2. The van der Waals surface area contributed by atoms with Crippen molar-refractivity contribution >= 4 is 23.1 Å². The van der Waals surface area contributed by atoms with Crippen LogP contribution in [-0.4, -0.2) is 41.3 Å². The Bertz CT molecular complexity index is 1040. The molecule has 0 radical (unpaired) electrons. The second-order valence-electron chi connectivity index (χ2n) is 11.7. The highest BCUT2D eigenvalue weighted by atomic mass is 32.2. The van der Waals surface area contributed by atoms with E-state index in [0.29, 0.717) is 30.3 Å². The molecule has 8 unspecified atom stereocenters. The van der Waals surface area contributed by atoms with Gasteiger partial charge in [0.2, 0.25) is 0 Å². The molecule has 4 heteroatoms. The largest absolute Gasteiger partial charge is 0.372 e. The van der Waals surface area contributed by atoms with E-state index in [4.69, 9.17) is 4.74 Å². The van der Waals surface area contributed by atoms with Gasteiger partial charge in [-0.1, -0.05) is 55.3 Å². The van der Waals surface area contributed by atoms with E-state index in [1.54, 1.807) is 0 Å². The summed E-state index contributed by atoms with van der Waals surface area (Å²) in [5.41, 5.74) is 2.87. The summed E-state index contributed by atoms with van der Waals surface area (Å²) in [5, 5.41) is 0. The molecule has 0 N–H and O–H groups in total. The molecule has 0 bridgehead atoms. The van der Waals surface area contributed by atoms with Crippen molar-refractivity contribution in [3.8, 4) is 0 Å². The molecule has 5 fully saturated rings. The van der Waals surface area contributed by atoms with E-state index in [1.807, 2.05) is 11.8 Å². The van der Waals surface area contributed by atoms with Crippen molar-refractivity contribution in [1.29, 1.82) is 0 Å². The Morgan fingerprint density at radius 2 is 1.41 bits per heavy atom. The Balaban J connectivity index is 1.15. The summed E-state index contributed by atoms with van der Waals surface area (Å²) < 4.78 is 6.86. The van der Waals surface area contributed by atoms with Crippen molar-refractivity contribution in [2.45, 2.75) is 110 Å². The van der Waals surface area contributed by atoms with E-state index < -0.39 is 0 Å². The molecule has 8 rings (SSSR count). The second-order valence-corrected chi connectivity index (χ2v) is 12.8. The van der Waals surface area contributed by atoms with Gasteiger partial charge in [0.1, 0.15) is 0 Å². The maximum atomic E-state index is 6.86. The zero-order chi connectivity index (χ0) is 22.2. The number of morpholine rings is 1. The summed E-state index contributed by atoms with van der Waals surface area (Å²) in [4.78, 5) is 8.68. The summed E-state index contributed by atoms with van der Waals surface area (Å²) in [5.74, 6) is 1.68. The molecule has 3 saturated carbocycles. The minimum atomic E-state index is 0.509. The van der Waals surface area contributed by atoms with Crippen LogP contribution in [0.4, 0.5) is 11.4 Å². The molecule has 3 aliphatic carbocycles. The van der Waals surface area contributed by atoms with Crippen molar-refractivity contribution in [3.05, 3.63) is 48.5 Å². The van der Waals surface area contributed by atoms with Crippen molar-refractivity contribution in [3.63, 3.8) is 0 Å². The van der Waals surface area contributed by atoms with Gasteiger partial charge in [0, 0.05) is 34.0 Å². The first-order valence-electron chi connectivity index (χ1n) is 13.9. The molecule has 6 aliphatic rings. The van der Waals surface area contributed by atoms with Crippen molar-refractivity contribution in [2.75, 3.05) is 4.90 Å². The molecule has 34 heavy (non-hydrogen) atoms. The van der Waals surface area contributed by atoms with Crippen molar-refractivity contribution in [1.82, 2.24) is 4.90 Å². The maximum absolute atomic E-state index is 6.86. The van der Waals surface area contributed by atoms with Gasteiger partial charge in [-0.3, -0.25) is 4.90 Å². The molecule has 8 atom stereocenters. The number of ether oxygens (including phenoxy) is 1. The minimum Gasteiger partial charge on any atom is -0.372 e. The fourth-order valence-corrected chi connectivity index (χ4v) is 10.1. The van der Waals surface area contributed by atoms with Crippen LogP contribution in [-0.2, 0) is 4.74 Å². The molecule has 0 aromatic heterocycles. The van der Waals surface area contributed by atoms with Crippen molar-refractivity contribution in [2.24, 2.45) is 11.8 Å². The van der Waals surface area contributed by atoms with Crippen LogP contribution in [0.2, 0.25) is 0 Å². The predicted octanol–water partition coefficient (Wildman–Crippen LogP) is 7.02. The van der Waals surface area contributed by atoms with Crippen molar-refractivity contribution < 1.29 is 4.74 Å². The normalized spacial score (nSPS) is 40.5. The van der Waals surface area contributed by atoms with E-state index in [2.05, 4.69) is 58.3 Å². The first-order chi connectivity index (χ1) is 16.9. The van der Waals surface area contributed by atoms with E-state index in [1.165, 1.54) is 85.4 Å². The lowest BCUT2D eigenvalue weighted by atomic mass is 9.71. The monoisotopic (exact) mass is 472 g/mol. The molecule has 3 heterocycles. The first-order valence-corrected chi connectivity index (χ1v) is 14.8. The molecule has 2 saturated heterocycles. The predicted molar refractivity (Wildman–Crippen MR) is 138 cm³/mol. The fourth-order valence-electron chi connectivity index (χ4n) is 9.05. The number of benzene rings is 2. The van der Waals surface area contributed by atoms with Gasteiger partial charge in [-0.05, 0) is 81.0 Å². The quantitative estimate of drug-likeness (QED) is 0.443. The number of fused-ring (bicyclic) bond motifs is 7. The number of hydrogen-bond acceptors (Lipinski definition) is 4. The maximum Gasteiger partial charge on any atom is 0.0737 e. The highest BCUT2D eigenvalue weighted by Crippen LogP contribution is 2.57. The van der Waals surface area contributed by atoms with Gasteiger partial charge >= 0.3 is 0 Å². The van der Waals surface area contributed by atoms with Crippen LogP contribution < -0.4 is 4.90 Å². The number of hydrogen-bond donors (Lipinski definition) is 0. The number of para-hydroxylation sites is 2. The van der Waals surface area contributed by atoms with Crippen LogP contribution in [0.25, 0.3) is 0 Å². The molecule has 0 spiro atoms. The topological polar surface area (TPSA) is 15.7 Å². The lowest BCUT2D eigenvalue weighted by Crippen LogP contribution is -2.63. The minimum absolute atomic E-state index is 0.509. The van der Waals surface area contributed by atoms with Crippen LogP contribution in [0.5, 0.6) is 0 Å². The number of rotatable bonds is 1. The SMILES string of the molecule is c1ccc2c(c1)Sc1ccccc1N2C1CCC2C(C1)C1CCCC3OC4CCCCC4N2C31. The molecular weight excluding hydrogens is 436 g/mol. The third-order valence-corrected chi connectivity index (χ3v) is 11.3. The highest BCUT2D eigenvalue weighted by Gasteiger charge is 2.60. The molecule has 2 aromatic rings. The highest BCUT2D eigenvalue weighted by molar-refractivity contribution is 7.99. The van der Waals surface area contributed by atoms with Crippen LogP contribution in [0, 0.1) is 11.8 Å². The molecule has 2 aromatic carbocycles. The Hall–Kier alpha value is -1.49. The lowest BCUT2D eigenvalue weighted by Gasteiger charge is -2.53. The van der Waals surface area contributed by atoms with E-state index >= 15 is 0 Å². The first kappa shape index (κ1) is 20.7. The Kier molecular flexibility index (Phi) is 4.87. The average Bonchev–Trinajstić information content (AvgIpc) is 3.23. The Morgan fingerprint density at radius 1 is 0.676 bits per heavy atom. The lowest BCUT2D eigenvalue weighted by molar-refractivity contribution is -0.177.